The molecule has 0 aliphatic rings. The van der Waals surface area contributed by atoms with Gasteiger partial charge in [-0.2, -0.15) is 5.10 Å². The molecule has 0 N–H and O–H groups in total. The summed E-state index contributed by atoms with van der Waals surface area (Å²) in [6.07, 6.45) is 1.72. The molecule has 174 valence electrons. The van der Waals surface area contributed by atoms with Crippen LogP contribution in [-0.4, -0.2) is 44.3 Å². The normalized spacial score (nSPS) is 11.8. The number of hydrogen-bond donors (Lipinski definition) is 0. The van der Waals surface area contributed by atoms with Crippen LogP contribution in [0.1, 0.15) is 38.1 Å². The highest BCUT2D eigenvalue weighted by atomic mass is 32.1. The molecular formula is C25H30N4O3S. The van der Waals surface area contributed by atoms with E-state index in [4.69, 9.17) is 4.74 Å². The van der Waals surface area contributed by atoms with Crippen LogP contribution >= 0.6 is 11.3 Å². The van der Waals surface area contributed by atoms with Crippen LogP contribution in [0, 0.1) is 6.92 Å². The average molecular weight is 467 g/mol. The van der Waals surface area contributed by atoms with Crippen LogP contribution in [0.5, 0.6) is 5.75 Å². The molecule has 1 aromatic carbocycles. The van der Waals surface area contributed by atoms with Crippen LogP contribution in [0.2, 0.25) is 0 Å². The summed E-state index contributed by atoms with van der Waals surface area (Å²) in [5, 5.41) is 5.21. The van der Waals surface area contributed by atoms with E-state index in [-0.39, 0.29) is 30.1 Å². The molecule has 3 aromatic heterocycles. The first-order chi connectivity index (χ1) is 15.7. The van der Waals surface area contributed by atoms with E-state index in [1.165, 1.54) is 9.56 Å². The summed E-state index contributed by atoms with van der Waals surface area (Å²) in [4.78, 5) is 29.6. The highest BCUT2D eigenvalue weighted by Crippen LogP contribution is 2.34. The van der Waals surface area contributed by atoms with Gasteiger partial charge in [-0.15, -0.1) is 11.3 Å². The van der Waals surface area contributed by atoms with Crippen molar-refractivity contribution in [3.63, 3.8) is 0 Å². The zero-order valence-electron chi connectivity index (χ0n) is 20.0. The van der Waals surface area contributed by atoms with Crippen molar-refractivity contribution in [3.8, 4) is 5.75 Å². The molecule has 0 unspecified atom stereocenters. The summed E-state index contributed by atoms with van der Waals surface area (Å²) in [6.45, 7) is 10.4. The minimum atomic E-state index is -0.253. The molecule has 0 saturated carbocycles. The van der Waals surface area contributed by atoms with Gasteiger partial charge in [-0.25, -0.2) is 4.68 Å². The zero-order valence-corrected chi connectivity index (χ0v) is 20.8. The van der Waals surface area contributed by atoms with E-state index in [9.17, 15) is 9.59 Å². The third-order valence-electron chi connectivity index (χ3n) is 5.82. The second-order valence-corrected chi connectivity index (χ2v) is 10.1. The van der Waals surface area contributed by atoms with Gasteiger partial charge >= 0.3 is 0 Å². The lowest BCUT2D eigenvalue weighted by Gasteiger charge is -2.30. The number of nitrogens with zero attached hydrogens (tertiary/aromatic N) is 4. The molecule has 0 fully saturated rings. The number of thiophene rings is 1. The molecule has 0 radical (unpaired) electrons. The summed E-state index contributed by atoms with van der Waals surface area (Å²) in [5.74, 6) is 0.659. The lowest BCUT2D eigenvalue weighted by Crippen LogP contribution is -2.45. The Labute approximate surface area is 197 Å². The van der Waals surface area contributed by atoms with Crippen LogP contribution in [0.3, 0.4) is 0 Å². The van der Waals surface area contributed by atoms with Gasteiger partial charge in [0.25, 0.3) is 5.56 Å². The van der Waals surface area contributed by atoms with Crippen molar-refractivity contribution < 1.29 is 9.53 Å². The lowest BCUT2D eigenvalue weighted by molar-refractivity contribution is -0.135. The molecule has 3 heterocycles. The third-order valence-corrected chi connectivity index (χ3v) is 6.89. The molecule has 0 atom stereocenters. The molecule has 1 amide bonds. The molecule has 0 saturated heterocycles. The first-order valence-electron chi connectivity index (χ1n) is 11.1. The molecule has 8 heteroatoms. The number of rotatable bonds is 7. The fourth-order valence-corrected chi connectivity index (χ4v) is 5.56. The number of carbonyl (C=O) groups excluding carboxylic acids is 1. The Balaban J connectivity index is 1.83. The summed E-state index contributed by atoms with van der Waals surface area (Å²) in [5.41, 5.74) is 2.35. The standard InChI is InChI=1S/C25H30N4O3S/c1-15(2)29(16(3)4)22(30)14-28-25(31)23-20(12-26-28)24-21(10-17(5)33-24)27(23)13-18-8-7-9-19(11-18)32-6/h7-12,15-16H,13-14H2,1-6H3. The number of aryl methyl sites for hydroxylation is 1. The Bertz CT molecular complexity index is 1370. The maximum atomic E-state index is 13.6. The molecule has 0 aliphatic heterocycles. The second-order valence-electron chi connectivity index (χ2n) is 8.87. The van der Waals surface area contributed by atoms with E-state index in [1.807, 2.05) is 56.5 Å². The number of amides is 1. The number of ether oxygens (including phenoxy) is 1. The average Bonchev–Trinajstić information content (AvgIpc) is 3.26. The minimum Gasteiger partial charge on any atom is -0.497 e. The van der Waals surface area contributed by atoms with Crippen LogP contribution < -0.4 is 10.3 Å². The van der Waals surface area contributed by atoms with Gasteiger partial charge in [-0.3, -0.25) is 9.59 Å². The SMILES string of the molecule is COc1cccc(Cn2c3cc(C)sc3c3cnn(CC(=O)N(C(C)C)C(C)C)c(=O)c32)c1. The molecule has 4 aromatic rings. The third kappa shape index (κ3) is 4.27. The molecule has 33 heavy (non-hydrogen) atoms. The molecular weight excluding hydrogens is 436 g/mol. The fourth-order valence-electron chi connectivity index (χ4n) is 4.53. The Morgan fingerprint density at radius 2 is 1.91 bits per heavy atom. The monoisotopic (exact) mass is 466 g/mol. The molecule has 7 nitrogen and oxygen atoms in total. The number of methoxy groups -OCH3 is 1. The largest absolute Gasteiger partial charge is 0.497 e. The van der Waals surface area contributed by atoms with Crippen molar-refractivity contribution >= 4 is 38.4 Å². The molecule has 0 spiro atoms. The van der Waals surface area contributed by atoms with E-state index >= 15 is 0 Å². The molecule has 0 aliphatic carbocycles. The highest BCUT2D eigenvalue weighted by Gasteiger charge is 2.23. The maximum Gasteiger partial charge on any atom is 0.291 e. The second kappa shape index (κ2) is 9.02. The summed E-state index contributed by atoms with van der Waals surface area (Å²) in [7, 11) is 1.64. The van der Waals surface area contributed by atoms with E-state index < -0.39 is 0 Å². The van der Waals surface area contributed by atoms with Gasteiger partial charge in [-0.05, 0) is 58.4 Å². The van der Waals surface area contributed by atoms with Crippen molar-refractivity contribution in [1.82, 2.24) is 19.2 Å². The lowest BCUT2D eigenvalue weighted by atomic mass is 10.2. The van der Waals surface area contributed by atoms with Gasteiger partial charge in [-0.1, -0.05) is 12.1 Å². The van der Waals surface area contributed by atoms with E-state index in [0.29, 0.717) is 12.1 Å². The first-order valence-corrected chi connectivity index (χ1v) is 12.0. The van der Waals surface area contributed by atoms with Crippen LogP contribution in [0.25, 0.3) is 21.1 Å². The van der Waals surface area contributed by atoms with Crippen LogP contribution in [0.4, 0.5) is 0 Å². The van der Waals surface area contributed by atoms with Crippen LogP contribution in [0.15, 0.2) is 41.3 Å². The summed E-state index contributed by atoms with van der Waals surface area (Å²) < 4.78 is 9.75. The number of hydrogen-bond acceptors (Lipinski definition) is 5. The van der Waals surface area contributed by atoms with Crippen molar-refractivity contribution in [3.05, 3.63) is 57.3 Å². The number of fused-ring (bicyclic) bond motifs is 3. The van der Waals surface area contributed by atoms with Crippen molar-refractivity contribution in [1.29, 1.82) is 0 Å². The Kier molecular flexibility index (Phi) is 6.30. The highest BCUT2D eigenvalue weighted by molar-refractivity contribution is 7.20. The fraction of sp³-hybridized carbons (Fsp3) is 0.400. The predicted molar refractivity (Wildman–Crippen MR) is 133 cm³/mol. The van der Waals surface area contributed by atoms with E-state index in [1.54, 1.807) is 29.5 Å². The van der Waals surface area contributed by atoms with Crippen LogP contribution in [-0.2, 0) is 17.9 Å². The van der Waals surface area contributed by atoms with Crippen molar-refractivity contribution in [2.45, 2.75) is 59.8 Å². The van der Waals surface area contributed by atoms with E-state index in [0.717, 1.165) is 26.9 Å². The zero-order chi connectivity index (χ0) is 23.9. The van der Waals surface area contributed by atoms with Gasteiger partial charge in [0.1, 0.15) is 17.8 Å². The van der Waals surface area contributed by atoms with E-state index in [2.05, 4.69) is 18.1 Å². The van der Waals surface area contributed by atoms with Crippen molar-refractivity contribution in [2.75, 3.05) is 7.11 Å². The number of aromatic nitrogens is 3. The molecule has 4 rings (SSSR count). The number of carbonyl (C=O) groups is 1. The predicted octanol–water partition coefficient (Wildman–Crippen LogP) is 4.42. The Morgan fingerprint density at radius 1 is 1.18 bits per heavy atom. The van der Waals surface area contributed by atoms with Gasteiger partial charge in [0.05, 0.1) is 23.5 Å². The topological polar surface area (TPSA) is 69.4 Å². The summed E-state index contributed by atoms with van der Waals surface area (Å²) >= 11 is 1.65. The minimum absolute atomic E-state index is 0.0437. The number of benzene rings is 1. The van der Waals surface area contributed by atoms with Gasteiger partial charge in [0.2, 0.25) is 5.91 Å². The van der Waals surface area contributed by atoms with Gasteiger partial charge < -0.3 is 14.2 Å². The molecule has 0 bridgehead atoms. The first kappa shape index (κ1) is 23.0. The quantitative estimate of drug-likeness (QED) is 0.404. The van der Waals surface area contributed by atoms with Gasteiger partial charge in [0, 0.05) is 28.9 Å². The Hall–Kier alpha value is -3.13. The summed E-state index contributed by atoms with van der Waals surface area (Å²) in [6, 6.07) is 10.0. The van der Waals surface area contributed by atoms with Crippen molar-refractivity contribution in [2.24, 2.45) is 0 Å². The van der Waals surface area contributed by atoms with Gasteiger partial charge in [0.15, 0.2) is 0 Å². The Morgan fingerprint density at radius 3 is 2.58 bits per heavy atom. The smallest absolute Gasteiger partial charge is 0.291 e. The maximum absolute atomic E-state index is 13.6.